The van der Waals surface area contributed by atoms with Crippen molar-refractivity contribution in [3.8, 4) is 17.2 Å². The highest BCUT2D eigenvalue weighted by molar-refractivity contribution is 8.26. The Kier molecular flexibility index (Phi) is 9.02. The molecule has 1 aliphatic rings. The van der Waals surface area contributed by atoms with Crippen LogP contribution in [-0.4, -0.2) is 41.5 Å². The Labute approximate surface area is 203 Å². The molecule has 0 radical (unpaired) electrons. The molecule has 1 saturated heterocycles. The van der Waals surface area contributed by atoms with Gasteiger partial charge < -0.3 is 14.2 Å². The molecular weight excluding hydrogens is 466 g/mol. The van der Waals surface area contributed by atoms with Crippen molar-refractivity contribution in [2.24, 2.45) is 0 Å². The lowest BCUT2D eigenvalue weighted by molar-refractivity contribution is -0.121. The molecule has 1 fully saturated rings. The van der Waals surface area contributed by atoms with Gasteiger partial charge in [0.25, 0.3) is 5.91 Å². The second-order valence-corrected chi connectivity index (χ2v) is 8.84. The lowest BCUT2D eigenvalue weighted by Gasteiger charge is -2.13. The van der Waals surface area contributed by atoms with Gasteiger partial charge in [0.2, 0.25) is 0 Å². The molecule has 1 aliphatic heterocycles. The summed E-state index contributed by atoms with van der Waals surface area (Å²) in [5, 5.41) is 0.677. The summed E-state index contributed by atoms with van der Waals surface area (Å²) in [5.41, 5.74) is 0.839. The van der Waals surface area contributed by atoms with Crippen LogP contribution >= 0.6 is 35.6 Å². The van der Waals surface area contributed by atoms with Crippen molar-refractivity contribution < 1.29 is 19.0 Å². The van der Waals surface area contributed by atoms with Crippen LogP contribution in [0.1, 0.15) is 18.9 Å². The van der Waals surface area contributed by atoms with Crippen molar-refractivity contribution in [2.45, 2.75) is 13.3 Å². The van der Waals surface area contributed by atoms with E-state index in [1.54, 1.807) is 18.2 Å². The first-order valence-electron chi connectivity index (χ1n) is 10.2. The molecule has 3 rings (SSSR count). The number of thiocarbonyl (C=S) groups is 1. The molecule has 168 valence electrons. The highest BCUT2D eigenvalue weighted by Crippen LogP contribution is 2.35. The summed E-state index contributed by atoms with van der Waals surface area (Å²) in [7, 11) is 0. The van der Waals surface area contributed by atoms with E-state index in [0.717, 1.165) is 11.3 Å². The Morgan fingerprint density at radius 1 is 1.09 bits per heavy atom. The number of rotatable bonds is 11. The summed E-state index contributed by atoms with van der Waals surface area (Å²) >= 11 is 12.5. The molecule has 0 aromatic heterocycles. The van der Waals surface area contributed by atoms with E-state index in [1.807, 2.05) is 43.3 Å². The van der Waals surface area contributed by atoms with Gasteiger partial charge in [-0.1, -0.05) is 47.7 Å². The monoisotopic (exact) mass is 489 g/mol. The highest BCUT2D eigenvalue weighted by atomic mass is 35.5. The maximum Gasteiger partial charge on any atom is 0.266 e. The number of hydrogen-bond acceptors (Lipinski definition) is 6. The van der Waals surface area contributed by atoms with E-state index in [9.17, 15) is 4.79 Å². The molecule has 32 heavy (non-hydrogen) atoms. The topological polar surface area (TPSA) is 48.0 Å². The van der Waals surface area contributed by atoms with Crippen LogP contribution in [0.2, 0.25) is 5.02 Å². The van der Waals surface area contributed by atoms with Crippen molar-refractivity contribution in [1.82, 2.24) is 4.90 Å². The number of benzene rings is 2. The van der Waals surface area contributed by atoms with Crippen LogP contribution in [0.25, 0.3) is 6.08 Å². The number of ether oxygens (including phenoxy) is 3. The van der Waals surface area contributed by atoms with E-state index in [4.69, 9.17) is 38.0 Å². The minimum Gasteiger partial charge on any atom is -0.493 e. The van der Waals surface area contributed by atoms with Gasteiger partial charge in [0.05, 0.1) is 24.7 Å². The maximum absolute atomic E-state index is 12.5. The molecule has 0 atom stereocenters. The van der Waals surface area contributed by atoms with Gasteiger partial charge in [-0.25, -0.2) is 0 Å². The molecule has 0 N–H and O–H groups in total. The SMILES string of the molecule is C=CCN1C(=O)C(=Cc2ccc(OCCCOc3ccc(Cl)cc3)c(OCC)c2)SC1=S. The van der Waals surface area contributed by atoms with Crippen LogP contribution in [0, 0.1) is 0 Å². The minimum absolute atomic E-state index is 0.112. The summed E-state index contributed by atoms with van der Waals surface area (Å²) in [6.07, 6.45) is 4.18. The van der Waals surface area contributed by atoms with E-state index in [2.05, 4.69) is 6.58 Å². The zero-order valence-corrected chi connectivity index (χ0v) is 20.1. The van der Waals surface area contributed by atoms with Crippen LogP contribution in [0.3, 0.4) is 0 Å². The van der Waals surface area contributed by atoms with Gasteiger partial charge in [-0.2, -0.15) is 0 Å². The van der Waals surface area contributed by atoms with E-state index >= 15 is 0 Å². The molecule has 8 heteroatoms. The summed E-state index contributed by atoms with van der Waals surface area (Å²) < 4.78 is 17.9. The molecule has 1 heterocycles. The van der Waals surface area contributed by atoms with Gasteiger partial charge in [0.1, 0.15) is 10.1 Å². The fourth-order valence-electron chi connectivity index (χ4n) is 2.90. The van der Waals surface area contributed by atoms with Gasteiger partial charge in [-0.05, 0) is 55.0 Å². The van der Waals surface area contributed by atoms with E-state index in [0.29, 0.717) is 58.5 Å². The van der Waals surface area contributed by atoms with Crippen molar-refractivity contribution in [3.05, 3.63) is 70.6 Å². The quantitative estimate of drug-likeness (QED) is 0.168. The Balaban J connectivity index is 1.59. The first-order valence-corrected chi connectivity index (χ1v) is 11.8. The molecule has 0 bridgehead atoms. The zero-order chi connectivity index (χ0) is 22.9. The second kappa shape index (κ2) is 11.9. The van der Waals surface area contributed by atoms with E-state index < -0.39 is 0 Å². The normalized spacial score (nSPS) is 14.7. The molecule has 0 unspecified atom stereocenters. The molecule has 2 aromatic rings. The Bertz CT molecular complexity index is 1010. The number of carbonyl (C=O) groups is 1. The molecule has 5 nitrogen and oxygen atoms in total. The molecular formula is C24H24ClNO4S2. The highest BCUT2D eigenvalue weighted by Gasteiger charge is 2.31. The van der Waals surface area contributed by atoms with Crippen LogP contribution in [0.15, 0.2) is 60.0 Å². The average Bonchev–Trinajstić information content (AvgIpc) is 3.04. The van der Waals surface area contributed by atoms with Crippen molar-refractivity contribution in [3.63, 3.8) is 0 Å². The van der Waals surface area contributed by atoms with Crippen LogP contribution in [0.4, 0.5) is 0 Å². The third-order valence-corrected chi connectivity index (χ3v) is 6.01. The van der Waals surface area contributed by atoms with E-state index in [-0.39, 0.29) is 5.91 Å². The van der Waals surface area contributed by atoms with E-state index in [1.165, 1.54) is 16.7 Å². The fraction of sp³-hybridized carbons (Fsp3) is 0.250. The third kappa shape index (κ3) is 6.51. The van der Waals surface area contributed by atoms with Crippen LogP contribution in [-0.2, 0) is 4.79 Å². The average molecular weight is 490 g/mol. The maximum atomic E-state index is 12.5. The number of halogens is 1. The summed E-state index contributed by atoms with van der Waals surface area (Å²) in [6.45, 7) is 7.49. The standard InChI is InChI=1S/C24H24ClNO4S2/c1-3-12-26-23(27)22(32-24(26)31)16-17-6-11-20(21(15-17)28-4-2)30-14-5-13-29-19-9-7-18(25)8-10-19/h3,6-11,15-16H,1,4-5,12-14H2,2H3. The van der Waals surface area contributed by atoms with Crippen LogP contribution in [0.5, 0.6) is 17.2 Å². The molecule has 0 spiro atoms. The summed E-state index contributed by atoms with van der Waals surface area (Å²) in [5.74, 6) is 1.93. The second-order valence-electron chi connectivity index (χ2n) is 6.72. The lowest BCUT2D eigenvalue weighted by atomic mass is 10.2. The Morgan fingerprint density at radius 2 is 1.84 bits per heavy atom. The third-order valence-electron chi connectivity index (χ3n) is 4.38. The number of amides is 1. The van der Waals surface area contributed by atoms with Gasteiger partial charge >= 0.3 is 0 Å². The smallest absolute Gasteiger partial charge is 0.266 e. The van der Waals surface area contributed by atoms with Crippen molar-refractivity contribution in [1.29, 1.82) is 0 Å². The number of carbonyl (C=O) groups excluding carboxylic acids is 1. The number of nitrogens with zero attached hydrogens (tertiary/aromatic N) is 1. The first kappa shape index (κ1) is 24.2. The lowest BCUT2D eigenvalue weighted by Crippen LogP contribution is -2.27. The zero-order valence-electron chi connectivity index (χ0n) is 17.7. The first-order chi connectivity index (χ1) is 15.5. The van der Waals surface area contributed by atoms with Gasteiger partial charge in [0, 0.05) is 18.0 Å². The Morgan fingerprint density at radius 3 is 2.56 bits per heavy atom. The summed E-state index contributed by atoms with van der Waals surface area (Å²) in [6, 6.07) is 12.9. The summed E-state index contributed by atoms with van der Waals surface area (Å²) in [4.78, 5) is 14.6. The molecule has 0 saturated carbocycles. The molecule has 0 aliphatic carbocycles. The predicted molar refractivity (Wildman–Crippen MR) is 135 cm³/mol. The Hall–Kier alpha value is -2.48. The minimum atomic E-state index is -0.112. The number of thioether (sulfide) groups is 1. The fourth-order valence-corrected chi connectivity index (χ4v) is 4.30. The molecule has 2 aromatic carbocycles. The number of hydrogen-bond donors (Lipinski definition) is 0. The largest absolute Gasteiger partial charge is 0.493 e. The van der Waals surface area contributed by atoms with Gasteiger partial charge in [-0.3, -0.25) is 9.69 Å². The van der Waals surface area contributed by atoms with Crippen molar-refractivity contribution in [2.75, 3.05) is 26.4 Å². The van der Waals surface area contributed by atoms with Gasteiger partial charge in [0.15, 0.2) is 11.5 Å². The van der Waals surface area contributed by atoms with Gasteiger partial charge in [-0.15, -0.1) is 6.58 Å². The van der Waals surface area contributed by atoms with Crippen LogP contribution < -0.4 is 14.2 Å². The van der Waals surface area contributed by atoms with Crippen molar-refractivity contribution >= 4 is 51.9 Å². The molecule has 1 amide bonds. The predicted octanol–water partition coefficient (Wildman–Crippen LogP) is 5.97.